The monoisotopic (exact) mass is 388 g/mol. The highest BCUT2D eigenvalue weighted by Crippen LogP contribution is 2.26. The van der Waals surface area contributed by atoms with E-state index in [1.54, 1.807) is 0 Å². The van der Waals surface area contributed by atoms with Gasteiger partial charge in [0, 0.05) is 14.8 Å². The number of hydrogen-bond acceptors (Lipinski definition) is 2. The third kappa shape index (κ3) is 3.13. The van der Waals surface area contributed by atoms with E-state index in [-0.39, 0.29) is 0 Å². The van der Waals surface area contributed by atoms with Gasteiger partial charge in [-0.05, 0) is 52.9 Å². The molecule has 0 saturated heterocycles. The van der Waals surface area contributed by atoms with E-state index in [1.807, 2.05) is 42.5 Å². The van der Waals surface area contributed by atoms with Gasteiger partial charge < -0.3 is 11.1 Å². The van der Waals surface area contributed by atoms with Crippen LogP contribution in [0.15, 0.2) is 42.5 Å². The first-order chi connectivity index (χ1) is 8.58. The van der Waals surface area contributed by atoms with Crippen LogP contribution in [0, 0.1) is 3.57 Å². The lowest BCUT2D eigenvalue weighted by Crippen LogP contribution is -2.10. The molecule has 2 nitrogen and oxygen atoms in total. The Hall–Kier alpha value is -0.850. The number of anilines is 2. The molecule has 2 rings (SSSR count). The number of rotatable bonds is 3. The van der Waals surface area contributed by atoms with Gasteiger partial charge in [-0.15, -0.1) is 0 Å². The number of thiocarbonyl (C=S) groups is 1. The Morgan fingerprint density at radius 3 is 2.56 bits per heavy atom. The van der Waals surface area contributed by atoms with E-state index in [0.717, 1.165) is 14.9 Å². The second kappa shape index (κ2) is 5.86. The van der Waals surface area contributed by atoms with Gasteiger partial charge in [0.15, 0.2) is 0 Å². The normalized spacial score (nSPS) is 10.1. The summed E-state index contributed by atoms with van der Waals surface area (Å²) >= 11 is 13.3. The highest BCUT2D eigenvalue weighted by atomic mass is 127. The fraction of sp³-hybridized carbons (Fsp3) is 0. The molecule has 0 unspecified atom stereocenters. The molecule has 0 radical (unpaired) electrons. The van der Waals surface area contributed by atoms with Gasteiger partial charge >= 0.3 is 0 Å². The number of benzene rings is 2. The standard InChI is InChI=1S/C13H10ClIN2S/c14-10-7-8(5-6-9(10)13(16)18)17-12-4-2-1-3-11(12)15/h1-7,17H,(H2,16,18). The number of nitrogens with one attached hydrogen (secondary N) is 1. The van der Waals surface area contributed by atoms with Crippen molar-refractivity contribution in [1.82, 2.24) is 0 Å². The molecule has 0 aliphatic carbocycles. The lowest BCUT2D eigenvalue weighted by molar-refractivity contribution is 1.51. The van der Waals surface area contributed by atoms with E-state index in [9.17, 15) is 0 Å². The van der Waals surface area contributed by atoms with Gasteiger partial charge in [0.1, 0.15) is 4.99 Å². The summed E-state index contributed by atoms with van der Waals surface area (Å²) in [6.45, 7) is 0. The molecule has 2 aromatic carbocycles. The largest absolute Gasteiger partial charge is 0.389 e. The Balaban J connectivity index is 2.29. The van der Waals surface area contributed by atoms with Crippen molar-refractivity contribution in [2.24, 2.45) is 5.73 Å². The highest BCUT2D eigenvalue weighted by Gasteiger charge is 2.05. The lowest BCUT2D eigenvalue weighted by atomic mass is 10.2. The molecule has 0 heterocycles. The van der Waals surface area contributed by atoms with Gasteiger partial charge in [0.05, 0.1) is 10.7 Å². The average molecular weight is 389 g/mol. The van der Waals surface area contributed by atoms with Gasteiger partial charge in [-0.25, -0.2) is 0 Å². The molecular formula is C13H10ClIN2S. The van der Waals surface area contributed by atoms with Crippen LogP contribution in [-0.2, 0) is 0 Å². The van der Waals surface area contributed by atoms with Crippen molar-refractivity contribution in [3.05, 3.63) is 56.6 Å². The minimum absolute atomic E-state index is 0.306. The summed E-state index contributed by atoms with van der Waals surface area (Å²) in [4.78, 5) is 0.306. The van der Waals surface area contributed by atoms with Crippen LogP contribution in [0.4, 0.5) is 11.4 Å². The molecule has 0 spiro atoms. The quantitative estimate of drug-likeness (QED) is 0.607. The molecule has 2 aromatic rings. The summed E-state index contributed by atoms with van der Waals surface area (Å²) in [5.41, 5.74) is 8.21. The summed E-state index contributed by atoms with van der Waals surface area (Å²) in [5, 5.41) is 3.86. The van der Waals surface area contributed by atoms with E-state index in [4.69, 9.17) is 29.6 Å². The molecule has 3 N–H and O–H groups in total. The minimum atomic E-state index is 0.306. The number of para-hydroxylation sites is 1. The molecule has 0 saturated carbocycles. The van der Waals surface area contributed by atoms with Crippen molar-refractivity contribution in [3.63, 3.8) is 0 Å². The van der Waals surface area contributed by atoms with Crippen molar-refractivity contribution < 1.29 is 0 Å². The van der Waals surface area contributed by atoms with Gasteiger partial charge in [-0.2, -0.15) is 0 Å². The zero-order valence-corrected chi connectivity index (χ0v) is 13.0. The fourth-order valence-electron chi connectivity index (χ4n) is 1.51. The van der Waals surface area contributed by atoms with Crippen molar-refractivity contribution in [1.29, 1.82) is 0 Å². The molecule has 0 fully saturated rings. The van der Waals surface area contributed by atoms with Crippen molar-refractivity contribution in [2.45, 2.75) is 0 Å². The second-order valence-corrected chi connectivity index (χ2v) is 5.67. The van der Waals surface area contributed by atoms with Crippen LogP contribution in [0.1, 0.15) is 5.56 Å². The Labute approximate surface area is 130 Å². The van der Waals surface area contributed by atoms with E-state index < -0.39 is 0 Å². The molecular weight excluding hydrogens is 379 g/mol. The molecule has 0 aliphatic rings. The predicted octanol–water partition coefficient (Wildman–Crippen LogP) is 4.32. The summed E-state index contributed by atoms with van der Waals surface area (Å²) in [6, 6.07) is 13.6. The smallest absolute Gasteiger partial charge is 0.105 e. The second-order valence-electron chi connectivity index (χ2n) is 3.66. The lowest BCUT2D eigenvalue weighted by Gasteiger charge is -2.10. The number of halogens is 2. The molecule has 18 heavy (non-hydrogen) atoms. The third-order valence-electron chi connectivity index (χ3n) is 2.39. The summed E-state index contributed by atoms with van der Waals surface area (Å²) in [5.74, 6) is 0. The van der Waals surface area contributed by atoms with E-state index in [2.05, 4.69) is 27.9 Å². The summed E-state index contributed by atoms with van der Waals surface area (Å²) < 4.78 is 1.14. The van der Waals surface area contributed by atoms with Crippen molar-refractivity contribution >= 4 is 62.8 Å². The molecule has 0 atom stereocenters. The SMILES string of the molecule is NC(=S)c1ccc(Nc2ccccc2I)cc1Cl. The van der Waals surface area contributed by atoms with Crippen LogP contribution in [0.3, 0.4) is 0 Å². The molecule has 0 bridgehead atoms. The number of nitrogens with two attached hydrogens (primary N) is 1. The van der Waals surface area contributed by atoms with Crippen LogP contribution in [0.25, 0.3) is 0 Å². The Morgan fingerprint density at radius 1 is 1.22 bits per heavy atom. The molecule has 0 aromatic heterocycles. The van der Waals surface area contributed by atoms with E-state index >= 15 is 0 Å². The first-order valence-corrected chi connectivity index (χ1v) is 7.05. The van der Waals surface area contributed by atoms with Crippen LogP contribution < -0.4 is 11.1 Å². The van der Waals surface area contributed by atoms with E-state index in [0.29, 0.717) is 15.6 Å². The average Bonchev–Trinajstić information content (AvgIpc) is 2.32. The molecule has 0 aliphatic heterocycles. The Bertz CT molecular complexity index is 601. The minimum Gasteiger partial charge on any atom is -0.389 e. The first kappa shape index (κ1) is 13.6. The van der Waals surface area contributed by atoms with Gasteiger partial charge in [-0.1, -0.05) is 36.0 Å². The van der Waals surface area contributed by atoms with Crippen molar-refractivity contribution in [3.8, 4) is 0 Å². The van der Waals surface area contributed by atoms with Crippen molar-refractivity contribution in [2.75, 3.05) is 5.32 Å². The summed E-state index contributed by atoms with van der Waals surface area (Å²) in [7, 11) is 0. The fourth-order valence-corrected chi connectivity index (χ4v) is 2.55. The molecule has 0 amide bonds. The van der Waals surface area contributed by atoms with Crippen LogP contribution >= 0.6 is 46.4 Å². The highest BCUT2D eigenvalue weighted by molar-refractivity contribution is 14.1. The maximum absolute atomic E-state index is 6.12. The van der Waals surface area contributed by atoms with Gasteiger partial charge in [-0.3, -0.25) is 0 Å². The topological polar surface area (TPSA) is 38.0 Å². The number of hydrogen-bond donors (Lipinski definition) is 2. The van der Waals surface area contributed by atoms with Crippen LogP contribution in [0.5, 0.6) is 0 Å². The van der Waals surface area contributed by atoms with Gasteiger partial charge in [0.25, 0.3) is 0 Å². The predicted molar refractivity (Wildman–Crippen MR) is 89.8 cm³/mol. The molecule has 5 heteroatoms. The maximum Gasteiger partial charge on any atom is 0.105 e. The zero-order valence-electron chi connectivity index (χ0n) is 9.28. The maximum atomic E-state index is 6.12. The molecule has 92 valence electrons. The zero-order chi connectivity index (χ0) is 13.1. The Morgan fingerprint density at radius 2 is 1.94 bits per heavy atom. The van der Waals surface area contributed by atoms with E-state index in [1.165, 1.54) is 0 Å². The van der Waals surface area contributed by atoms with Gasteiger partial charge in [0.2, 0.25) is 0 Å². The van der Waals surface area contributed by atoms with Crippen LogP contribution in [-0.4, -0.2) is 4.99 Å². The first-order valence-electron chi connectivity index (χ1n) is 5.19. The summed E-state index contributed by atoms with van der Waals surface area (Å²) in [6.07, 6.45) is 0. The Kier molecular flexibility index (Phi) is 4.42. The third-order valence-corrected chi connectivity index (χ3v) is 3.86. The van der Waals surface area contributed by atoms with Crippen LogP contribution in [0.2, 0.25) is 5.02 Å².